The minimum absolute atomic E-state index is 0.182. The first kappa shape index (κ1) is 10.8. The monoisotopic (exact) mass is 233 g/mol. The number of fused-ring (bicyclic) bond motifs is 3. The molecule has 1 aromatic rings. The van der Waals surface area contributed by atoms with Crippen LogP contribution >= 0.6 is 0 Å². The summed E-state index contributed by atoms with van der Waals surface area (Å²) in [6.45, 7) is 5.81. The van der Waals surface area contributed by atoms with E-state index in [9.17, 15) is 4.79 Å². The highest BCUT2D eigenvalue weighted by atomic mass is 16.2. The molecule has 92 valence electrons. The molecule has 1 aromatic heterocycles. The maximum Gasteiger partial charge on any atom is 0.272 e. The van der Waals surface area contributed by atoms with E-state index >= 15 is 0 Å². The summed E-state index contributed by atoms with van der Waals surface area (Å²) in [5.41, 5.74) is 3.27. The third-order valence-electron chi connectivity index (χ3n) is 3.86. The second-order valence-electron chi connectivity index (χ2n) is 5.30. The number of carbonyl (C=O) groups is 1. The number of aromatic nitrogens is 2. The first-order valence-electron chi connectivity index (χ1n) is 6.58. The van der Waals surface area contributed by atoms with Crippen LogP contribution in [-0.2, 0) is 19.4 Å². The highest BCUT2D eigenvalue weighted by molar-refractivity contribution is 5.95. The van der Waals surface area contributed by atoms with E-state index in [1.54, 1.807) is 0 Å². The number of hydrogen-bond donors (Lipinski definition) is 0. The predicted octanol–water partition coefficient (Wildman–Crippen LogP) is 1.63. The molecule has 1 amide bonds. The molecule has 0 saturated carbocycles. The lowest BCUT2D eigenvalue weighted by Crippen LogP contribution is -2.44. The van der Waals surface area contributed by atoms with Crippen LogP contribution in [0.3, 0.4) is 0 Å². The third kappa shape index (κ3) is 1.58. The minimum Gasteiger partial charge on any atom is -0.333 e. The molecule has 0 aromatic carbocycles. The van der Waals surface area contributed by atoms with Crippen LogP contribution in [0.15, 0.2) is 0 Å². The maximum absolute atomic E-state index is 12.5. The van der Waals surface area contributed by atoms with Crippen LogP contribution in [0.1, 0.15) is 48.4 Å². The molecule has 4 nitrogen and oxygen atoms in total. The van der Waals surface area contributed by atoms with Crippen LogP contribution in [0.5, 0.6) is 0 Å². The van der Waals surface area contributed by atoms with Gasteiger partial charge < -0.3 is 4.90 Å². The van der Waals surface area contributed by atoms with Gasteiger partial charge in [-0.05, 0) is 39.5 Å². The molecule has 0 spiro atoms. The number of aryl methyl sites for hydroxylation is 1. The molecule has 0 atom stereocenters. The number of nitrogens with zero attached hydrogens (tertiary/aromatic N) is 3. The van der Waals surface area contributed by atoms with Crippen LogP contribution < -0.4 is 0 Å². The Kier molecular flexibility index (Phi) is 2.45. The molecule has 1 aliphatic heterocycles. The van der Waals surface area contributed by atoms with Gasteiger partial charge in [-0.15, -0.1) is 0 Å². The van der Waals surface area contributed by atoms with Gasteiger partial charge in [0.2, 0.25) is 0 Å². The number of hydrogen-bond acceptors (Lipinski definition) is 2. The molecule has 2 heterocycles. The van der Waals surface area contributed by atoms with E-state index in [2.05, 4.69) is 18.9 Å². The van der Waals surface area contributed by atoms with Gasteiger partial charge >= 0.3 is 0 Å². The second-order valence-corrected chi connectivity index (χ2v) is 5.30. The van der Waals surface area contributed by atoms with Gasteiger partial charge in [-0.2, -0.15) is 5.10 Å². The zero-order chi connectivity index (χ0) is 12.0. The normalized spacial score (nSPS) is 19.5. The van der Waals surface area contributed by atoms with Crippen LogP contribution in [0.2, 0.25) is 0 Å². The van der Waals surface area contributed by atoms with Crippen molar-refractivity contribution in [3.8, 4) is 0 Å². The van der Waals surface area contributed by atoms with Crippen molar-refractivity contribution in [1.29, 1.82) is 0 Å². The largest absolute Gasteiger partial charge is 0.333 e. The van der Waals surface area contributed by atoms with E-state index < -0.39 is 0 Å². The third-order valence-corrected chi connectivity index (χ3v) is 3.86. The molecule has 0 bridgehead atoms. The highest BCUT2D eigenvalue weighted by Crippen LogP contribution is 2.27. The topological polar surface area (TPSA) is 38.1 Å². The van der Waals surface area contributed by atoms with E-state index in [-0.39, 0.29) is 11.9 Å². The summed E-state index contributed by atoms with van der Waals surface area (Å²) in [5, 5.41) is 4.60. The Hall–Kier alpha value is -1.32. The Morgan fingerprint density at radius 2 is 1.94 bits per heavy atom. The fourth-order valence-electron chi connectivity index (χ4n) is 2.94. The van der Waals surface area contributed by atoms with Crippen molar-refractivity contribution in [1.82, 2.24) is 14.7 Å². The Labute approximate surface area is 102 Å². The van der Waals surface area contributed by atoms with Gasteiger partial charge in [0, 0.05) is 18.2 Å². The maximum atomic E-state index is 12.5. The van der Waals surface area contributed by atoms with Crippen LogP contribution in [0.25, 0.3) is 0 Å². The van der Waals surface area contributed by atoms with Crippen LogP contribution in [-0.4, -0.2) is 33.2 Å². The number of amides is 1. The molecule has 17 heavy (non-hydrogen) atoms. The fraction of sp³-hybridized carbons (Fsp3) is 0.692. The predicted molar refractivity (Wildman–Crippen MR) is 65.0 cm³/mol. The van der Waals surface area contributed by atoms with Gasteiger partial charge in [-0.25, -0.2) is 0 Å². The Bertz CT molecular complexity index is 461. The quantitative estimate of drug-likeness (QED) is 0.739. The van der Waals surface area contributed by atoms with Crippen molar-refractivity contribution < 1.29 is 4.79 Å². The summed E-state index contributed by atoms with van der Waals surface area (Å²) in [7, 11) is 0. The summed E-state index contributed by atoms with van der Waals surface area (Å²) < 4.78 is 1.94. The molecule has 2 aliphatic rings. The Balaban J connectivity index is 2.05. The second kappa shape index (κ2) is 3.86. The molecule has 0 radical (unpaired) electrons. The van der Waals surface area contributed by atoms with Crippen molar-refractivity contribution in [2.45, 2.75) is 52.1 Å². The average molecular weight is 233 g/mol. The van der Waals surface area contributed by atoms with E-state index in [0.717, 1.165) is 31.6 Å². The van der Waals surface area contributed by atoms with Crippen molar-refractivity contribution in [3.63, 3.8) is 0 Å². The van der Waals surface area contributed by atoms with Gasteiger partial charge in [0.1, 0.15) is 5.69 Å². The molecule has 0 saturated heterocycles. The molecule has 0 unspecified atom stereocenters. The van der Waals surface area contributed by atoms with Gasteiger partial charge in [-0.1, -0.05) is 0 Å². The summed E-state index contributed by atoms with van der Waals surface area (Å²) in [5.74, 6) is 0.182. The standard InChI is InChI=1S/C13H19N3O/c1-9(2)15-7-8-16-12(13(15)17)10-5-3-4-6-11(10)14-16/h9H,3-8H2,1-2H3. The van der Waals surface area contributed by atoms with Crippen molar-refractivity contribution in [2.75, 3.05) is 6.54 Å². The fourth-order valence-corrected chi connectivity index (χ4v) is 2.94. The molecular formula is C13H19N3O. The lowest BCUT2D eigenvalue weighted by molar-refractivity contribution is 0.0640. The molecule has 0 fully saturated rings. The molecular weight excluding hydrogens is 214 g/mol. The van der Waals surface area contributed by atoms with Crippen molar-refractivity contribution in [2.24, 2.45) is 0 Å². The Morgan fingerprint density at radius 3 is 2.71 bits per heavy atom. The smallest absolute Gasteiger partial charge is 0.272 e. The summed E-state index contributed by atoms with van der Waals surface area (Å²) in [4.78, 5) is 14.4. The summed E-state index contributed by atoms with van der Waals surface area (Å²) in [6, 6.07) is 0.283. The van der Waals surface area contributed by atoms with E-state index in [4.69, 9.17) is 0 Å². The minimum atomic E-state index is 0.182. The highest BCUT2D eigenvalue weighted by Gasteiger charge is 2.32. The zero-order valence-electron chi connectivity index (χ0n) is 10.6. The van der Waals surface area contributed by atoms with Crippen LogP contribution in [0, 0.1) is 0 Å². The van der Waals surface area contributed by atoms with Crippen LogP contribution in [0.4, 0.5) is 0 Å². The first-order valence-corrected chi connectivity index (χ1v) is 6.58. The van der Waals surface area contributed by atoms with E-state index in [0.29, 0.717) is 0 Å². The van der Waals surface area contributed by atoms with Gasteiger partial charge in [0.15, 0.2) is 0 Å². The average Bonchev–Trinajstić information content (AvgIpc) is 2.67. The molecule has 3 rings (SSSR count). The molecule has 0 N–H and O–H groups in total. The van der Waals surface area contributed by atoms with Gasteiger partial charge in [0.25, 0.3) is 5.91 Å². The number of rotatable bonds is 1. The first-order chi connectivity index (χ1) is 8.18. The SMILES string of the molecule is CC(C)N1CCn2nc3c(c2C1=O)CCCC3. The van der Waals surface area contributed by atoms with Gasteiger partial charge in [-0.3, -0.25) is 9.48 Å². The van der Waals surface area contributed by atoms with Gasteiger partial charge in [0.05, 0.1) is 12.2 Å². The molecule has 1 aliphatic carbocycles. The lowest BCUT2D eigenvalue weighted by Gasteiger charge is -2.31. The molecule has 4 heteroatoms. The van der Waals surface area contributed by atoms with E-state index in [1.165, 1.54) is 24.1 Å². The summed E-state index contributed by atoms with van der Waals surface area (Å²) >= 11 is 0. The van der Waals surface area contributed by atoms with Crippen molar-refractivity contribution >= 4 is 5.91 Å². The van der Waals surface area contributed by atoms with E-state index in [1.807, 2.05) is 9.58 Å². The lowest BCUT2D eigenvalue weighted by atomic mass is 9.95. The number of carbonyl (C=O) groups excluding carboxylic acids is 1. The summed E-state index contributed by atoms with van der Waals surface area (Å²) in [6.07, 6.45) is 4.48. The van der Waals surface area contributed by atoms with Crippen molar-refractivity contribution in [3.05, 3.63) is 17.0 Å². The zero-order valence-corrected chi connectivity index (χ0v) is 10.6. The Morgan fingerprint density at radius 1 is 1.18 bits per heavy atom.